The monoisotopic (exact) mass is 489 g/mol. The molecule has 0 bridgehead atoms. The van der Waals surface area contributed by atoms with Crippen LogP contribution in [0, 0.1) is 0 Å². The zero-order valence-electron chi connectivity index (χ0n) is 18.0. The van der Waals surface area contributed by atoms with E-state index in [4.69, 9.17) is 0 Å². The molecule has 3 rings (SSSR count). The Labute approximate surface area is 184 Å². The van der Waals surface area contributed by atoms with Gasteiger partial charge in [0.05, 0.1) is 33.6 Å². The summed E-state index contributed by atoms with van der Waals surface area (Å²) in [6.45, 7) is 1.47. The zero-order chi connectivity index (χ0) is 24.1. The molecule has 0 aliphatic rings. The van der Waals surface area contributed by atoms with Crippen LogP contribution in [0.2, 0.25) is 0 Å². The van der Waals surface area contributed by atoms with Crippen LogP contribution in [0.25, 0.3) is 22.4 Å². The number of hydrogen-bond acceptors (Lipinski definition) is 6. The van der Waals surface area contributed by atoms with E-state index in [-0.39, 0.29) is 33.2 Å². The predicted molar refractivity (Wildman–Crippen MR) is 117 cm³/mol. The average molecular weight is 490 g/mol. The molecule has 1 aromatic carbocycles. The number of pyridine rings is 1. The molecule has 174 valence electrons. The van der Waals surface area contributed by atoms with E-state index >= 15 is 0 Å². The second-order valence-electron chi connectivity index (χ2n) is 7.30. The van der Waals surface area contributed by atoms with Gasteiger partial charge >= 0.3 is 6.18 Å². The zero-order valence-corrected chi connectivity index (χ0v) is 19.6. The third kappa shape index (κ3) is 4.50. The van der Waals surface area contributed by atoms with Gasteiger partial charge in [-0.1, -0.05) is 6.92 Å². The number of aryl methyl sites for hydroxylation is 1. The van der Waals surface area contributed by atoms with Gasteiger partial charge in [0.1, 0.15) is 21.4 Å². The Bertz CT molecular complexity index is 1420. The fourth-order valence-corrected chi connectivity index (χ4v) is 4.70. The van der Waals surface area contributed by atoms with E-state index in [0.717, 1.165) is 12.3 Å². The predicted octanol–water partition coefficient (Wildman–Crippen LogP) is 3.65. The molecule has 0 aliphatic heterocycles. The number of imidazole rings is 1. The number of halogens is 3. The summed E-state index contributed by atoms with van der Waals surface area (Å²) in [5, 5.41) is 0. The maximum Gasteiger partial charge on any atom is 0.433 e. The standard InChI is InChI=1S/C19H22F3N5O3S2/c1-6-32(29,30)16-9-12(25-31(5,28)26(2)3)7-8-13(16)18-24-14-10-17(19(20,21)22)23-11-15(14)27(18)4/h7-11H,6H2,1-5H3. The van der Waals surface area contributed by atoms with Gasteiger partial charge in [0.25, 0.3) is 0 Å². The molecular formula is C19H22F3N5O3S2. The minimum Gasteiger partial charge on any atom is -0.326 e. The second kappa shape index (κ2) is 8.12. The minimum absolute atomic E-state index is 0.0302. The van der Waals surface area contributed by atoms with Crippen molar-refractivity contribution in [2.75, 3.05) is 26.1 Å². The van der Waals surface area contributed by atoms with Gasteiger partial charge in [-0.3, -0.25) is 0 Å². The topological polar surface area (TPSA) is 97.5 Å². The Balaban J connectivity index is 2.29. The van der Waals surface area contributed by atoms with Crippen molar-refractivity contribution in [2.45, 2.75) is 18.0 Å². The quantitative estimate of drug-likeness (QED) is 0.545. The lowest BCUT2D eigenvalue weighted by molar-refractivity contribution is -0.141. The van der Waals surface area contributed by atoms with Crippen molar-refractivity contribution in [3.8, 4) is 11.4 Å². The maximum absolute atomic E-state index is 13.0. The van der Waals surface area contributed by atoms with Crippen molar-refractivity contribution in [3.05, 3.63) is 36.2 Å². The van der Waals surface area contributed by atoms with E-state index in [1.165, 1.54) is 40.3 Å². The lowest BCUT2D eigenvalue weighted by atomic mass is 10.2. The highest BCUT2D eigenvalue weighted by Gasteiger charge is 2.33. The summed E-state index contributed by atoms with van der Waals surface area (Å²) in [5.41, 5.74) is -0.354. The summed E-state index contributed by atoms with van der Waals surface area (Å²) in [7, 11) is -1.80. The summed E-state index contributed by atoms with van der Waals surface area (Å²) in [5.74, 6) is -0.0629. The molecule has 0 N–H and O–H groups in total. The fourth-order valence-electron chi connectivity index (χ4n) is 2.93. The molecule has 0 spiro atoms. The van der Waals surface area contributed by atoms with E-state index in [1.807, 2.05) is 0 Å². The van der Waals surface area contributed by atoms with Gasteiger partial charge in [0.2, 0.25) is 0 Å². The highest BCUT2D eigenvalue weighted by molar-refractivity contribution is 7.91. The Hall–Kier alpha value is -2.51. The molecule has 0 saturated heterocycles. The van der Waals surface area contributed by atoms with Gasteiger partial charge in [0.15, 0.2) is 9.84 Å². The molecule has 0 fully saturated rings. The molecule has 13 heteroatoms. The van der Waals surface area contributed by atoms with Crippen LogP contribution in [0.5, 0.6) is 0 Å². The van der Waals surface area contributed by atoms with E-state index in [2.05, 4.69) is 14.3 Å². The lowest BCUT2D eigenvalue weighted by Crippen LogP contribution is -2.19. The minimum atomic E-state index is -4.63. The van der Waals surface area contributed by atoms with E-state index in [9.17, 15) is 25.8 Å². The van der Waals surface area contributed by atoms with E-state index in [0.29, 0.717) is 5.52 Å². The molecule has 1 unspecified atom stereocenters. The Kier molecular flexibility index (Phi) is 6.13. The van der Waals surface area contributed by atoms with Crippen LogP contribution in [0.3, 0.4) is 0 Å². The second-order valence-corrected chi connectivity index (χ2v) is 12.0. The molecular weight excluding hydrogens is 467 g/mol. The first kappa shape index (κ1) is 24.1. The SMILES string of the molecule is CCS(=O)(=O)c1cc(N=S(C)(=O)N(C)C)ccc1-c1nc2cc(C(F)(F)F)ncc2n1C. The van der Waals surface area contributed by atoms with Crippen LogP contribution in [-0.2, 0) is 33.0 Å². The molecule has 0 saturated carbocycles. The van der Waals surface area contributed by atoms with Crippen LogP contribution in [0.4, 0.5) is 18.9 Å². The molecule has 8 nitrogen and oxygen atoms in total. The van der Waals surface area contributed by atoms with Gasteiger partial charge in [-0.2, -0.15) is 17.5 Å². The van der Waals surface area contributed by atoms with Crippen LogP contribution >= 0.6 is 0 Å². The molecule has 0 amide bonds. The smallest absolute Gasteiger partial charge is 0.326 e. The van der Waals surface area contributed by atoms with Crippen molar-refractivity contribution in [1.82, 2.24) is 18.8 Å². The molecule has 3 aromatic rings. The van der Waals surface area contributed by atoms with Crippen molar-refractivity contribution >= 4 is 36.5 Å². The number of fused-ring (bicyclic) bond motifs is 1. The maximum atomic E-state index is 13.0. The molecule has 0 radical (unpaired) electrons. The van der Waals surface area contributed by atoms with Crippen LogP contribution < -0.4 is 0 Å². The Morgan fingerprint density at radius 2 is 1.81 bits per heavy atom. The summed E-state index contributed by atoms with van der Waals surface area (Å²) in [6, 6.07) is 5.08. The first-order valence-corrected chi connectivity index (χ1v) is 12.9. The highest BCUT2D eigenvalue weighted by Crippen LogP contribution is 2.35. The third-order valence-electron chi connectivity index (χ3n) is 4.93. The van der Waals surface area contributed by atoms with Gasteiger partial charge < -0.3 is 4.57 Å². The normalized spacial score (nSPS) is 14.7. The first-order chi connectivity index (χ1) is 14.7. The summed E-state index contributed by atoms with van der Waals surface area (Å²) < 4.78 is 84.5. The Morgan fingerprint density at radius 3 is 2.38 bits per heavy atom. The average Bonchev–Trinajstić information content (AvgIpc) is 3.03. The number of sulfone groups is 1. The molecule has 0 aliphatic carbocycles. The molecule has 2 aromatic heterocycles. The summed E-state index contributed by atoms with van der Waals surface area (Å²) in [6.07, 6.45) is -2.16. The summed E-state index contributed by atoms with van der Waals surface area (Å²) in [4.78, 5) is 7.61. The summed E-state index contributed by atoms with van der Waals surface area (Å²) >= 11 is 0. The lowest BCUT2D eigenvalue weighted by Gasteiger charge is -2.14. The molecule has 32 heavy (non-hydrogen) atoms. The third-order valence-corrected chi connectivity index (χ3v) is 8.60. The van der Waals surface area contributed by atoms with E-state index in [1.54, 1.807) is 21.1 Å². The number of rotatable bonds is 5. The van der Waals surface area contributed by atoms with Crippen LogP contribution in [-0.4, -0.2) is 57.6 Å². The van der Waals surface area contributed by atoms with Crippen molar-refractivity contribution in [1.29, 1.82) is 0 Å². The number of nitrogens with zero attached hydrogens (tertiary/aromatic N) is 5. The van der Waals surface area contributed by atoms with Crippen LogP contribution in [0.15, 0.2) is 39.7 Å². The first-order valence-electron chi connectivity index (χ1n) is 9.34. The molecule has 2 heterocycles. The van der Waals surface area contributed by atoms with Gasteiger partial charge in [-0.25, -0.2) is 26.9 Å². The highest BCUT2D eigenvalue weighted by atomic mass is 32.2. The number of aromatic nitrogens is 3. The number of alkyl halides is 3. The van der Waals surface area contributed by atoms with Gasteiger partial charge in [-0.15, -0.1) is 0 Å². The van der Waals surface area contributed by atoms with Crippen molar-refractivity contribution < 1.29 is 25.8 Å². The van der Waals surface area contributed by atoms with Crippen molar-refractivity contribution in [2.24, 2.45) is 11.4 Å². The van der Waals surface area contributed by atoms with Crippen molar-refractivity contribution in [3.63, 3.8) is 0 Å². The Morgan fingerprint density at radius 1 is 1.16 bits per heavy atom. The number of benzene rings is 1. The molecule has 1 atom stereocenters. The van der Waals surface area contributed by atoms with Gasteiger partial charge in [0, 0.05) is 33.0 Å². The van der Waals surface area contributed by atoms with Crippen LogP contribution in [0.1, 0.15) is 12.6 Å². The number of hydrogen-bond donors (Lipinski definition) is 0. The van der Waals surface area contributed by atoms with E-state index < -0.39 is 31.6 Å². The fraction of sp³-hybridized carbons (Fsp3) is 0.368. The largest absolute Gasteiger partial charge is 0.433 e. The van der Waals surface area contributed by atoms with Gasteiger partial charge in [-0.05, 0) is 24.3 Å².